The second-order valence-corrected chi connectivity index (χ2v) is 7.84. The first-order valence-electron chi connectivity index (χ1n) is 10.3. The van der Waals surface area contributed by atoms with E-state index in [-0.39, 0.29) is 41.0 Å². The highest BCUT2D eigenvalue weighted by Crippen LogP contribution is 2.32. The van der Waals surface area contributed by atoms with Crippen LogP contribution in [0, 0.1) is 0 Å². The quantitative estimate of drug-likeness (QED) is 0.797. The fourth-order valence-electron chi connectivity index (χ4n) is 4.56. The Morgan fingerprint density at radius 1 is 0.929 bits per heavy atom. The standard InChI is InChI=1S/C21H26N2O5/c24-20(16-13-19(28-22-16)17-11-12-18(27-17)21(25)26)23(14-7-3-1-4-8-14)15-9-5-2-6-10-15/h11-15H,1-10H2,(H,25,26). The molecule has 2 heterocycles. The first-order valence-corrected chi connectivity index (χ1v) is 10.3. The molecule has 2 fully saturated rings. The summed E-state index contributed by atoms with van der Waals surface area (Å²) in [5.74, 6) is -0.888. The number of rotatable bonds is 5. The van der Waals surface area contributed by atoms with Gasteiger partial charge in [0.05, 0.1) is 0 Å². The molecule has 0 aromatic carbocycles. The van der Waals surface area contributed by atoms with E-state index in [9.17, 15) is 9.59 Å². The topological polar surface area (TPSA) is 96.8 Å². The van der Waals surface area contributed by atoms with E-state index in [0.717, 1.165) is 51.4 Å². The highest BCUT2D eigenvalue weighted by molar-refractivity contribution is 5.93. The van der Waals surface area contributed by atoms with Crippen LogP contribution in [0.4, 0.5) is 0 Å². The predicted molar refractivity (Wildman–Crippen MR) is 101 cm³/mol. The van der Waals surface area contributed by atoms with E-state index in [4.69, 9.17) is 14.0 Å². The molecule has 0 atom stereocenters. The summed E-state index contributed by atoms with van der Waals surface area (Å²) in [6.45, 7) is 0. The van der Waals surface area contributed by atoms with Gasteiger partial charge in [-0.05, 0) is 37.8 Å². The van der Waals surface area contributed by atoms with Gasteiger partial charge in [-0.25, -0.2) is 4.79 Å². The fourth-order valence-corrected chi connectivity index (χ4v) is 4.56. The molecule has 0 bridgehead atoms. The summed E-state index contributed by atoms with van der Waals surface area (Å²) in [7, 11) is 0. The molecule has 2 aromatic rings. The highest BCUT2D eigenvalue weighted by atomic mass is 16.5. The molecular formula is C21H26N2O5. The Balaban J connectivity index is 1.57. The van der Waals surface area contributed by atoms with Crippen molar-refractivity contribution in [2.45, 2.75) is 76.3 Å². The molecule has 2 aliphatic carbocycles. The molecule has 1 amide bonds. The van der Waals surface area contributed by atoms with Crippen molar-refractivity contribution in [3.8, 4) is 11.5 Å². The van der Waals surface area contributed by atoms with Gasteiger partial charge in [-0.1, -0.05) is 43.7 Å². The Kier molecular flexibility index (Phi) is 5.50. The van der Waals surface area contributed by atoms with Crippen LogP contribution in [0.3, 0.4) is 0 Å². The van der Waals surface area contributed by atoms with Gasteiger partial charge >= 0.3 is 5.97 Å². The molecule has 2 saturated carbocycles. The summed E-state index contributed by atoms with van der Waals surface area (Å²) in [6, 6.07) is 4.97. The molecule has 2 aromatic heterocycles. The van der Waals surface area contributed by atoms with Gasteiger partial charge < -0.3 is 18.9 Å². The fraction of sp³-hybridized carbons (Fsp3) is 0.571. The van der Waals surface area contributed by atoms with Gasteiger partial charge in [0.15, 0.2) is 11.5 Å². The maximum atomic E-state index is 13.4. The molecule has 150 valence electrons. The lowest BCUT2D eigenvalue weighted by molar-refractivity contribution is 0.0438. The molecule has 0 aliphatic heterocycles. The number of carbonyl (C=O) groups is 2. The molecule has 28 heavy (non-hydrogen) atoms. The molecule has 0 spiro atoms. The highest BCUT2D eigenvalue weighted by Gasteiger charge is 2.34. The Morgan fingerprint density at radius 2 is 1.54 bits per heavy atom. The number of carboxylic acid groups (broad SMARTS) is 1. The third-order valence-electron chi connectivity index (χ3n) is 5.96. The number of nitrogens with zero attached hydrogens (tertiary/aromatic N) is 2. The average molecular weight is 386 g/mol. The first kappa shape index (κ1) is 18.8. The van der Waals surface area contributed by atoms with Crippen LogP contribution >= 0.6 is 0 Å². The second-order valence-electron chi connectivity index (χ2n) is 7.84. The van der Waals surface area contributed by atoms with Crippen molar-refractivity contribution in [2.75, 3.05) is 0 Å². The van der Waals surface area contributed by atoms with E-state index >= 15 is 0 Å². The Morgan fingerprint density at radius 3 is 2.07 bits per heavy atom. The molecule has 0 saturated heterocycles. The Labute approximate surface area is 163 Å². The lowest BCUT2D eigenvalue weighted by Gasteiger charge is -2.41. The van der Waals surface area contributed by atoms with E-state index in [1.807, 2.05) is 0 Å². The molecule has 1 N–H and O–H groups in total. The van der Waals surface area contributed by atoms with Crippen LogP contribution in [0.2, 0.25) is 0 Å². The van der Waals surface area contributed by atoms with Gasteiger partial charge in [-0.3, -0.25) is 4.79 Å². The summed E-state index contributed by atoms with van der Waals surface area (Å²) in [4.78, 5) is 26.5. The van der Waals surface area contributed by atoms with Gasteiger partial charge in [-0.15, -0.1) is 0 Å². The zero-order valence-corrected chi connectivity index (χ0v) is 15.9. The second kappa shape index (κ2) is 8.20. The van der Waals surface area contributed by atoms with Crippen LogP contribution < -0.4 is 0 Å². The minimum absolute atomic E-state index is 0.0844. The molecule has 7 nitrogen and oxygen atoms in total. The van der Waals surface area contributed by atoms with Crippen molar-refractivity contribution in [2.24, 2.45) is 0 Å². The summed E-state index contributed by atoms with van der Waals surface area (Å²) in [5.41, 5.74) is 0.263. The third-order valence-corrected chi connectivity index (χ3v) is 5.96. The van der Waals surface area contributed by atoms with Crippen LogP contribution in [0.1, 0.15) is 85.3 Å². The number of aromatic carboxylic acids is 1. The van der Waals surface area contributed by atoms with Crippen LogP contribution in [0.15, 0.2) is 27.1 Å². The average Bonchev–Trinajstić information content (AvgIpc) is 3.39. The lowest BCUT2D eigenvalue weighted by atomic mass is 9.88. The number of amides is 1. The maximum Gasteiger partial charge on any atom is 0.371 e. The van der Waals surface area contributed by atoms with E-state index in [2.05, 4.69) is 10.1 Å². The smallest absolute Gasteiger partial charge is 0.371 e. The van der Waals surface area contributed by atoms with Gasteiger partial charge in [-0.2, -0.15) is 0 Å². The summed E-state index contributed by atoms with van der Waals surface area (Å²) >= 11 is 0. The Bertz CT molecular complexity index is 809. The van der Waals surface area contributed by atoms with Crippen molar-refractivity contribution in [1.82, 2.24) is 10.1 Å². The van der Waals surface area contributed by atoms with Gasteiger partial charge in [0, 0.05) is 18.2 Å². The van der Waals surface area contributed by atoms with Gasteiger partial charge in [0.2, 0.25) is 11.5 Å². The number of hydrogen-bond donors (Lipinski definition) is 1. The van der Waals surface area contributed by atoms with Crippen molar-refractivity contribution in [1.29, 1.82) is 0 Å². The van der Waals surface area contributed by atoms with Gasteiger partial charge in [0.25, 0.3) is 5.91 Å². The van der Waals surface area contributed by atoms with Crippen LogP contribution in [0.5, 0.6) is 0 Å². The predicted octanol–water partition coefficient (Wildman–Crippen LogP) is 4.74. The Hall–Kier alpha value is -2.57. The van der Waals surface area contributed by atoms with E-state index in [0.29, 0.717) is 0 Å². The monoisotopic (exact) mass is 386 g/mol. The number of hydrogen-bond acceptors (Lipinski definition) is 5. The normalized spacial score (nSPS) is 18.9. The lowest BCUT2D eigenvalue weighted by Crippen LogP contribution is -2.48. The maximum absolute atomic E-state index is 13.4. The summed E-state index contributed by atoms with van der Waals surface area (Å²) in [5, 5.41) is 13.0. The summed E-state index contributed by atoms with van der Waals surface area (Å²) < 4.78 is 10.6. The molecule has 2 aliphatic rings. The number of carboxylic acids is 1. The molecule has 4 rings (SSSR count). The summed E-state index contributed by atoms with van der Waals surface area (Å²) in [6.07, 6.45) is 11.3. The first-order chi connectivity index (χ1) is 13.6. The van der Waals surface area contributed by atoms with Crippen molar-refractivity contribution in [3.05, 3.63) is 29.7 Å². The minimum Gasteiger partial charge on any atom is -0.475 e. The number of furan rings is 1. The van der Waals surface area contributed by atoms with E-state index < -0.39 is 5.97 Å². The van der Waals surface area contributed by atoms with Crippen molar-refractivity contribution >= 4 is 11.9 Å². The zero-order chi connectivity index (χ0) is 19.5. The van der Waals surface area contributed by atoms with E-state index in [1.54, 1.807) is 6.07 Å². The van der Waals surface area contributed by atoms with Crippen LogP contribution in [-0.2, 0) is 0 Å². The SMILES string of the molecule is O=C(O)c1ccc(-c2cc(C(=O)N(C3CCCCC3)C3CCCCC3)no2)o1. The molecule has 0 radical (unpaired) electrons. The zero-order valence-electron chi connectivity index (χ0n) is 15.9. The van der Waals surface area contributed by atoms with Crippen LogP contribution in [-0.4, -0.2) is 39.1 Å². The minimum atomic E-state index is -1.15. The van der Waals surface area contributed by atoms with Gasteiger partial charge in [0.1, 0.15) is 0 Å². The molecule has 7 heteroatoms. The van der Waals surface area contributed by atoms with E-state index in [1.165, 1.54) is 25.0 Å². The van der Waals surface area contributed by atoms with Crippen molar-refractivity contribution in [3.63, 3.8) is 0 Å². The third kappa shape index (κ3) is 3.84. The molecule has 0 unspecified atom stereocenters. The number of carbonyl (C=O) groups excluding carboxylic acids is 1. The molecular weight excluding hydrogens is 360 g/mol. The van der Waals surface area contributed by atoms with Crippen LogP contribution in [0.25, 0.3) is 11.5 Å². The number of aromatic nitrogens is 1. The largest absolute Gasteiger partial charge is 0.475 e. The van der Waals surface area contributed by atoms with Crippen molar-refractivity contribution < 1.29 is 23.6 Å².